The average Bonchev–Trinajstić information content (AvgIpc) is 3.32. The molecule has 1 aliphatic rings. The second kappa shape index (κ2) is 6.03. The largest absolute Gasteiger partial charge is 0.494 e. The van der Waals surface area contributed by atoms with E-state index in [0.717, 1.165) is 35.4 Å². The first-order valence-corrected chi connectivity index (χ1v) is 7.86. The molecule has 0 bridgehead atoms. The second-order valence-electron chi connectivity index (χ2n) is 5.96. The van der Waals surface area contributed by atoms with E-state index in [1.54, 1.807) is 6.07 Å². The van der Waals surface area contributed by atoms with Gasteiger partial charge < -0.3 is 10.1 Å². The van der Waals surface area contributed by atoms with E-state index in [-0.39, 0.29) is 11.7 Å². The first-order chi connectivity index (χ1) is 11.0. The fourth-order valence-corrected chi connectivity index (χ4v) is 2.85. The topological polar surface area (TPSA) is 38.3 Å². The number of carbonyl (C=O) groups excluding carboxylic acids is 1. The molecule has 23 heavy (non-hydrogen) atoms. The molecule has 1 fully saturated rings. The van der Waals surface area contributed by atoms with Gasteiger partial charge in [-0.15, -0.1) is 0 Å². The van der Waals surface area contributed by atoms with Crippen molar-refractivity contribution in [1.82, 2.24) is 0 Å². The maximum Gasteiger partial charge on any atom is 0.235 e. The fourth-order valence-electron chi connectivity index (χ4n) is 2.85. The summed E-state index contributed by atoms with van der Waals surface area (Å²) in [6, 6.07) is 11.9. The van der Waals surface area contributed by atoms with Gasteiger partial charge in [-0.25, -0.2) is 4.39 Å². The van der Waals surface area contributed by atoms with Gasteiger partial charge in [0.15, 0.2) is 0 Å². The Morgan fingerprint density at radius 1 is 1.26 bits per heavy atom. The number of carbonyl (C=O) groups is 1. The first-order valence-electron chi connectivity index (χ1n) is 7.86. The van der Waals surface area contributed by atoms with E-state index in [4.69, 9.17) is 4.74 Å². The van der Waals surface area contributed by atoms with Crippen molar-refractivity contribution in [3.63, 3.8) is 0 Å². The molecule has 2 aromatic carbocycles. The van der Waals surface area contributed by atoms with Crippen LogP contribution in [0.1, 0.15) is 30.9 Å². The summed E-state index contributed by atoms with van der Waals surface area (Å²) in [6.07, 6.45) is 1.50. The molecule has 1 saturated carbocycles. The lowest BCUT2D eigenvalue weighted by molar-refractivity contribution is -0.118. The van der Waals surface area contributed by atoms with Crippen LogP contribution in [-0.4, -0.2) is 12.5 Å². The zero-order chi connectivity index (χ0) is 16.4. The summed E-state index contributed by atoms with van der Waals surface area (Å²) in [6.45, 7) is 4.49. The average molecular weight is 313 g/mol. The molecule has 3 nitrogen and oxygen atoms in total. The lowest BCUT2D eigenvalue weighted by atomic mass is 9.94. The van der Waals surface area contributed by atoms with Crippen molar-refractivity contribution >= 4 is 11.6 Å². The van der Waals surface area contributed by atoms with Crippen molar-refractivity contribution in [3.8, 4) is 5.75 Å². The third-order valence-corrected chi connectivity index (χ3v) is 4.29. The first kappa shape index (κ1) is 15.5. The van der Waals surface area contributed by atoms with Crippen LogP contribution >= 0.6 is 0 Å². The summed E-state index contributed by atoms with van der Waals surface area (Å²) in [4.78, 5) is 12.7. The van der Waals surface area contributed by atoms with Crippen molar-refractivity contribution in [2.24, 2.45) is 0 Å². The number of hydrogen-bond donors (Lipinski definition) is 1. The van der Waals surface area contributed by atoms with Gasteiger partial charge in [-0.1, -0.05) is 12.1 Å². The van der Waals surface area contributed by atoms with Crippen molar-refractivity contribution in [2.45, 2.75) is 32.1 Å². The number of benzene rings is 2. The Bertz CT molecular complexity index is 738. The molecule has 1 amide bonds. The number of rotatable bonds is 5. The highest BCUT2D eigenvalue weighted by molar-refractivity contribution is 6.01. The van der Waals surface area contributed by atoms with E-state index in [0.29, 0.717) is 6.61 Å². The maximum atomic E-state index is 13.4. The van der Waals surface area contributed by atoms with Crippen LogP contribution in [0.15, 0.2) is 42.5 Å². The van der Waals surface area contributed by atoms with Gasteiger partial charge in [0, 0.05) is 5.69 Å². The van der Waals surface area contributed by atoms with Crippen LogP contribution in [-0.2, 0) is 10.2 Å². The van der Waals surface area contributed by atoms with Crippen LogP contribution in [0.5, 0.6) is 5.75 Å². The molecule has 0 aromatic heterocycles. The lowest BCUT2D eigenvalue weighted by Gasteiger charge is -2.17. The van der Waals surface area contributed by atoms with Crippen molar-refractivity contribution in [1.29, 1.82) is 0 Å². The minimum absolute atomic E-state index is 0.0772. The molecule has 0 saturated heterocycles. The van der Waals surface area contributed by atoms with E-state index in [1.807, 2.05) is 38.1 Å². The molecule has 2 aromatic rings. The van der Waals surface area contributed by atoms with Crippen LogP contribution in [0.4, 0.5) is 10.1 Å². The van der Waals surface area contributed by atoms with Crippen LogP contribution in [0.25, 0.3) is 0 Å². The van der Waals surface area contributed by atoms with Crippen LogP contribution in [0.2, 0.25) is 0 Å². The van der Waals surface area contributed by atoms with Gasteiger partial charge in [0.25, 0.3) is 0 Å². The zero-order valence-corrected chi connectivity index (χ0v) is 13.4. The molecule has 0 heterocycles. The lowest BCUT2D eigenvalue weighted by Crippen LogP contribution is -2.27. The van der Waals surface area contributed by atoms with Gasteiger partial charge in [-0.05, 0) is 68.1 Å². The standard InChI is InChI=1S/C19H20FNO2/c1-3-23-17-8-7-16(11-13(17)2)21-18(22)19(9-10-19)14-5-4-6-15(20)12-14/h4-8,11-12H,3,9-10H2,1-2H3,(H,21,22). The van der Waals surface area contributed by atoms with Crippen molar-refractivity contribution in [3.05, 3.63) is 59.4 Å². The number of aryl methyl sites for hydroxylation is 1. The van der Waals surface area contributed by atoms with Gasteiger partial charge in [0.2, 0.25) is 5.91 Å². The normalized spacial score (nSPS) is 15.1. The molecular formula is C19H20FNO2. The highest BCUT2D eigenvalue weighted by atomic mass is 19.1. The van der Waals surface area contributed by atoms with Gasteiger partial charge >= 0.3 is 0 Å². The number of amides is 1. The third kappa shape index (κ3) is 3.07. The molecule has 1 N–H and O–H groups in total. The molecule has 4 heteroatoms. The molecule has 0 spiro atoms. The minimum atomic E-state index is -0.589. The Morgan fingerprint density at radius 3 is 2.65 bits per heavy atom. The predicted octanol–water partition coefficient (Wildman–Crippen LogP) is 4.20. The molecule has 1 aliphatic carbocycles. The molecule has 0 atom stereocenters. The maximum absolute atomic E-state index is 13.4. The quantitative estimate of drug-likeness (QED) is 0.898. The zero-order valence-electron chi connectivity index (χ0n) is 13.4. The number of nitrogens with one attached hydrogen (secondary N) is 1. The summed E-state index contributed by atoms with van der Waals surface area (Å²) >= 11 is 0. The Labute approximate surface area is 135 Å². The fraction of sp³-hybridized carbons (Fsp3) is 0.316. The van der Waals surface area contributed by atoms with E-state index < -0.39 is 5.41 Å². The molecule has 0 unspecified atom stereocenters. The number of hydrogen-bond acceptors (Lipinski definition) is 2. The summed E-state index contributed by atoms with van der Waals surface area (Å²) in [5.74, 6) is 0.432. The predicted molar refractivity (Wildman–Crippen MR) is 88.3 cm³/mol. The summed E-state index contributed by atoms with van der Waals surface area (Å²) in [5, 5.41) is 2.96. The van der Waals surface area contributed by atoms with Crippen LogP contribution in [0, 0.1) is 12.7 Å². The van der Waals surface area contributed by atoms with E-state index in [2.05, 4.69) is 5.32 Å². The summed E-state index contributed by atoms with van der Waals surface area (Å²) in [5.41, 5.74) is 1.87. The second-order valence-corrected chi connectivity index (χ2v) is 5.96. The number of halogens is 1. The van der Waals surface area contributed by atoms with Crippen LogP contribution < -0.4 is 10.1 Å². The number of anilines is 1. The summed E-state index contributed by atoms with van der Waals surface area (Å²) < 4.78 is 18.9. The molecule has 3 rings (SSSR count). The van der Waals surface area contributed by atoms with E-state index in [1.165, 1.54) is 12.1 Å². The SMILES string of the molecule is CCOc1ccc(NC(=O)C2(c3cccc(F)c3)CC2)cc1C. The summed E-state index contributed by atoms with van der Waals surface area (Å²) in [7, 11) is 0. The highest BCUT2D eigenvalue weighted by Gasteiger charge is 2.51. The van der Waals surface area contributed by atoms with Crippen molar-refractivity contribution < 1.29 is 13.9 Å². The Hall–Kier alpha value is -2.36. The Kier molecular flexibility index (Phi) is 4.07. The smallest absolute Gasteiger partial charge is 0.235 e. The molecule has 0 radical (unpaired) electrons. The number of ether oxygens (including phenoxy) is 1. The van der Waals surface area contributed by atoms with E-state index >= 15 is 0 Å². The van der Waals surface area contributed by atoms with Crippen molar-refractivity contribution in [2.75, 3.05) is 11.9 Å². The van der Waals surface area contributed by atoms with Gasteiger partial charge in [-0.2, -0.15) is 0 Å². The molecular weight excluding hydrogens is 293 g/mol. The molecule has 0 aliphatic heterocycles. The minimum Gasteiger partial charge on any atom is -0.494 e. The van der Waals surface area contributed by atoms with Gasteiger partial charge in [0.1, 0.15) is 11.6 Å². The monoisotopic (exact) mass is 313 g/mol. The Balaban J connectivity index is 1.78. The third-order valence-electron chi connectivity index (χ3n) is 4.29. The highest BCUT2D eigenvalue weighted by Crippen LogP contribution is 2.49. The van der Waals surface area contributed by atoms with Gasteiger partial charge in [-0.3, -0.25) is 4.79 Å². The van der Waals surface area contributed by atoms with Gasteiger partial charge in [0.05, 0.1) is 12.0 Å². The van der Waals surface area contributed by atoms with E-state index in [9.17, 15) is 9.18 Å². The Morgan fingerprint density at radius 2 is 2.04 bits per heavy atom. The van der Waals surface area contributed by atoms with Crippen LogP contribution in [0.3, 0.4) is 0 Å². The molecule has 120 valence electrons.